The van der Waals surface area contributed by atoms with Crippen LogP contribution in [0.4, 0.5) is 5.13 Å². The van der Waals surface area contributed by atoms with E-state index >= 15 is 0 Å². The molecule has 2 aromatic heterocycles. The maximum Gasteiger partial charge on any atom is 0.264 e. The Bertz CT molecular complexity index is 1070. The van der Waals surface area contributed by atoms with Gasteiger partial charge in [0.1, 0.15) is 11.0 Å². The maximum atomic E-state index is 13.1. The summed E-state index contributed by atoms with van der Waals surface area (Å²) in [6.45, 7) is 7.74. The lowest BCUT2D eigenvalue weighted by Crippen LogP contribution is -2.43. The zero-order chi connectivity index (χ0) is 22.5. The van der Waals surface area contributed by atoms with Gasteiger partial charge in [0.25, 0.3) is 5.91 Å². The van der Waals surface area contributed by atoms with Gasteiger partial charge in [0.15, 0.2) is 5.13 Å². The number of anilines is 1. The molecule has 8 nitrogen and oxygen atoms in total. The molecule has 4 N–H and O–H groups in total. The topological polar surface area (TPSA) is 102 Å². The van der Waals surface area contributed by atoms with Crippen molar-refractivity contribution in [3.63, 3.8) is 0 Å². The van der Waals surface area contributed by atoms with Crippen LogP contribution in [0.2, 0.25) is 0 Å². The fourth-order valence-corrected chi connectivity index (χ4v) is 4.62. The van der Waals surface area contributed by atoms with Crippen LogP contribution in [0, 0.1) is 5.92 Å². The highest BCUT2D eigenvalue weighted by Gasteiger charge is 2.23. The van der Waals surface area contributed by atoms with Crippen LogP contribution in [-0.4, -0.2) is 48.0 Å². The van der Waals surface area contributed by atoms with Crippen molar-refractivity contribution in [3.8, 4) is 0 Å². The number of aromatic amines is 1. The van der Waals surface area contributed by atoms with Crippen molar-refractivity contribution in [2.45, 2.75) is 32.9 Å². The van der Waals surface area contributed by atoms with Gasteiger partial charge in [-0.05, 0) is 18.4 Å². The van der Waals surface area contributed by atoms with Crippen molar-refractivity contribution in [1.82, 2.24) is 25.9 Å². The molecule has 0 aliphatic carbocycles. The third-order valence-electron chi connectivity index (χ3n) is 5.57. The first kappa shape index (κ1) is 22.3. The molecule has 0 saturated carbocycles. The van der Waals surface area contributed by atoms with E-state index in [0.29, 0.717) is 17.2 Å². The van der Waals surface area contributed by atoms with E-state index in [9.17, 15) is 9.59 Å². The van der Waals surface area contributed by atoms with Crippen molar-refractivity contribution >= 4 is 39.2 Å². The second-order valence-electron chi connectivity index (χ2n) is 8.44. The standard InChI is InChI=1S/C23H30N6O2S/c1-15(2)7-8-20(30)27-21(17-13-25-18-6-4-3-5-16(17)18)28-22(31)19-14-26-23(32-19)29-11-9-24-10-12-29/h3-6,13-15,21,24-25H,7-12H2,1-2H3,(H,27,30)(H,28,31). The summed E-state index contributed by atoms with van der Waals surface area (Å²) in [5.41, 5.74) is 1.79. The summed E-state index contributed by atoms with van der Waals surface area (Å²) in [7, 11) is 0. The molecule has 1 atom stereocenters. The first-order chi connectivity index (χ1) is 15.5. The minimum absolute atomic E-state index is 0.0832. The molecule has 0 spiro atoms. The van der Waals surface area contributed by atoms with Crippen molar-refractivity contribution in [1.29, 1.82) is 0 Å². The van der Waals surface area contributed by atoms with Gasteiger partial charge in [-0.1, -0.05) is 43.4 Å². The summed E-state index contributed by atoms with van der Waals surface area (Å²) < 4.78 is 0. The van der Waals surface area contributed by atoms with Crippen molar-refractivity contribution in [3.05, 3.63) is 47.1 Å². The lowest BCUT2D eigenvalue weighted by Gasteiger charge is -2.26. The smallest absolute Gasteiger partial charge is 0.264 e. The molecule has 1 unspecified atom stereocenters. The molecule has 1 saturated heterocycles. The van der Waals surface area contributed by atoms with Gasteiger partial charge in [-0.2, -0.15) is 0 Å². The van der Waals surface area contributed by atoms with Crippen LogP contribution in [0.3, 0.4) is 0 Å². The molecule has 3 aromatic rings. The van der Waals surface area contributed by atoms with Gasteiger partial charge in [0.2, 0.25) is 5.91 Å². The highest BCUT2D eigenvalue weighted by Crippen LogP contribution is 2.26. The fourth-order valence-electron chi connectivity index (χ4n) is 3.75. The summed E-state index contributed by atoms with van der Waals surface area (Å²) in [6, 6.07) is 7.85. The van der Waals surface area contributed by atoms with E-state index in [1.54, 1.807) is 6.20 Å². The molecule has 1 aliphatic heterocycles. The number of hydrogen-bond donors (Lipinski definition) is 4. The number of para-hydroxylation sites is 1. The molecule has 2 amide bonds. The Morgan fingerprint density at radius 1 is 1.19 bits per heavy atom. The number of nitrogens with one attached hydrogen (secondary N) is 4. The Morgan fingerprint density at radius 3 is 2.75 bits per heavy atom. The molecule has 1 aromatic carbocycles. The average Bonchev–Trinajstić information content (AvgIpc) is 3.46. The zero-order valence-corrected chi connectivity index (χ0v) is 19.3. The molecule has 4 rings (SSSR count). The molecule has 0 bridgehead atoms. The van der Waals surface area contributed by atoms with E-state index in [2.05, 4.69) is 44.7 Å². The van der Waals surface area contributed by atoms with E-state index in [1.807, 2.05) is 30.5 Å². The molecular weight excluding hydrogens is 424 g/mol. The summed E-state index contributed by atoms with van der Waals surface area (Å²) >= 11 is 1.38. The summed E-state index contributed by atoms with van der Waals surface area (Å²) in [4.78, 5) is 36.1. The van der Waals surface area contributed by atoms with Gasteiger partial charge in [-0.25, -0.2) is 4.98 Å². The van der Waals surface area contributed by atoms with Crippen LogP contribution >= 0.6 is 11.3 Å². The van der Waals surface area contributed by atoms with Crippen LogP contribution in [-0.2, 0) is 4.79 Å². The van der Waals surface area contributed by atoms with Gasteiger partial charge in [-0.15, -0.1) is 0 Å². The average molecular weight is 455 g/mol. The predicted molar refractivity (Wildman–Crippen MR) is 128 cm³/mol. The molecule has 32 heavy (non-hydrogen) atoms. The number of rotatable bonds is 8. The first-order valence-corrected chi connectivity index (χ1v) is 11.9. The number of amides is 2. The van der Waals surface area contributed by atoms with Gasteiger partial charge in [0.05, 0.1) is 6.20 Å². The highest BCUT2D eigenvalue weighted by molar-refractivity contribution is 7.17. The number of thiazole rings is 1. The summed E-state index contributed by atoms with van der Waals surface area (Å²) in [6.07, 6.45) is 4.04. The lowest BCUT2D eigenvalue weighted by molar-refractivity contribution is -0.122. The van der Waals surface area contributed by atoms with Gasteiger partial charge < -0.3 is 25.8 Å². The number of fused-ring (bicyclic) bond motifs is 1. The number of piperazine rings is 1. The predicted octanol–water partition coefficient (Wildman–Crippen LogP) is 3.02. The SMILES string of the molecule is CC(C)CCC(=O)NC(NC(=O)c1cnc(N2CCNCC2)s1)c1c[nH]c2ccccc12. The number of hydrogen-bond acceptors (Lipinski definition) is 6. The fraction of sp³-hybridized carbons (Fsp3) is 0.435. The number of nitrogens with zero attached hydrogens (tertiary/aromatic N) is 2. The first-order valence-electron chi connectivity index (χ1n) is 11.1. The van der Waals surface area contributed by atoms with Crippen molar-refractivity contribution < 1.29 is 9.59 Å². The quantitative estimate of drug-likeness (QED) is 0.392. The molecule has 0 radical (unpaired) electrons. The van der Waals surface area contributed by atoms with Gasteiger partial charge in [0, 0.05) is 55.3 Å². The second kappa shape index (κ2) is 10.1. The van der Waals surface area contributed by atoms with Crippen LogP contribution in [0.5, 0.6) is 0 Å². The van der Waals surface area contributed by atoms with Crippen molar-refractivity contribution in [2.24, 2.45) is 5.92 Å². The number of aromatic nitrogens is 2. The largest absolute Gasteiger partial charge is 0.361 e. The maximum absolute atomic E-state index is 13.1. The summed E-state index contributed by atoms with van der Waals surface area (Å²) in [5, 5.41) is 11.2. The molecule has 170 valence electrons. The Labute approximate surface area is 191 Å². The van der Waals surface area contributed by atoms with Crippen molar-refractivity contribution in [2.75, 3.05) is 31.1 Å². The van der Waals surface area contributed by atoms with Gasteiger partial charge in [-0.3, -0.25) is 9.59 Å². The zero-order valence-electron chi connectivity index (χ0n) is 18.5. The molecule has 3 heterocycles. The molecule has 9 heteroatoms. The lowest BCUT2D eigenvalue weighted by atomic mass is 10.1. The van der Waals surface area contributed by atoms with Crippen LogP contribution in [0.15, 0.2) is 36.7 Å². The number of H-pyrrole nitrogens is 1. The van der Waals surface area contributed by atoms with Crippen LogP contribution in [0.1, 0.15) is 48.1 Å². The highest BCUT2D eigenvalue weighted by atomic mass is 32.1. The van der Waals surface area contributed by atoms with Crippen LogP contribution in [0.25, 0.3) is 10.9 Å². The van der Waals surface area contributed by atoms with E-state index in [0.717, 1.165) is 54.2 Å². The van der Waals surface area contributed by atoms with E-state index in [-0.39, 0.29) is 11.8 Å². The number of carbonyl (C=O) groups is 2. The second-order valence-corrected chi connectivity index (χ2v) is 9.45. The third kappa shape index (κ3) is 5.28. The van der Waals surface area contributed by atoms with E-state index in [1.165, 1.54) is 11.3 Å². The third-order valence-corrected chi connectivity index (χ3v) is 6.62. The van der Waals surface area contributed by atoms with Gasteiger partial charge >= 0.3 is 0 Å². The number of carbonyl (C=O) groups excluding carboxylic acids is 2. The minimum Gasteiger partial charge on any atom is -0.361 e. The molecule has 1 fully saturated rings. The normalized spacial score (nSPS) is 15.2. The Kier molecular flexibility index (Phi) is 7.06. The molecular formula is C23H30N6O2S. The minimum atomic E-state index is -0.636. The molecule has 1 aliphatic rings. The Hall–Kier alpha value is -2.91. The monoisotopic (exact) mass is 454 g/mol. The van der Waals surface area contributed by atoms with Crippen LogP contribution < -0.4 is 20.9 Å². The van der Waals surface area contributed by atoms with E-state index < -0.39 is 6.17 Å². The Morgan fingerprint density at radius 2 is 1.97 bits per heavy atom. The number of benzene rings is 1. The van der Waals surface area contributed by atoms with E-state index in [4.69, 9.17) is 0 Å². The summed E-state index contributed by atoms with van der Waals surface area (Å²) in [5.74, 6) is 0.103. The Balaban J connectivity index is 1.52.